The quantitative estimate of drug-likeness (QED) is 0.896. The second kappa shape index (κ2) is 5.56. The van der Waals surface area contributed by atoms with Crippen LogP contribution in [0.4, 0.5) is 8.78 Å². The third-order valence-corrected chi connectivity index (χ3v) is 3.84. The second-order valence-corrected chi connectivity index (χ2v) is 4.92. The predicted octanol–water partition coefficient (Wildman–Crippen LogP) is 2.80. The van der Waals surface area contributed by atoms with Crippen LogP contribution in [0.15, 0.2) is 35.7 Å². The SMILES string of the molecule is NCC(c1cccs1)C(O)c1c(F)cccc1F. The van der Waals surface area contributed by atoms with E-state index in [1.54, 1.807) is 6.07 Å². The zero-order valence-electron chi connectivity index (χ0n) is 9.51. The Morgan fingerprint density at radius 1 is 1.17 bits per heavy atom. The van der Waals surface area contributed by atoms with Crippen molar-refractivity contribution in [2.45, 2.75) is 12.0 Å². The monoisotopic (exact) mass is 269 g/mol. The van der Waals surface area contributed by atoms with Gasteiger partial charge in [-0.05, 0) is 23.6 Å². The summed E-state index contributed by atoms with van der Waals surface area (Å²) in [5, 5.41) is 12.0. The lowest BCUT2D eigenvalue weighted by Crippen LogP contribution is -2.21. The Labute approximate surface area is 108 Å². The van der Waals surface area contributed by atoms with Crippen LogP contribution in [0.3, 0.4) is 0 Å². The van der Waals surface area contributed by atoms with Gasteiger partial charge in [0.1, 0.15) is 11.6 Å². The summed E-state index contributed by atoms with van der Waals surface area (Å²) in [4.78, 5) is 0.813. The van der Waals surface area contributed by atoms with Gasteiger partial charge in [0, 0.05) is 17.3 Å². The average molecular weight is 269 g/mol. The standard InChI is InChI=1S/C13H13F2NOS/c14-9-3-1-4-10(15)12(9)13(17)8(7-16)11-5-2-6-18-11/h1-6,8,13,17H,7,16H2. The number of hydrogen-bond donors (Lipinski definition) is 2. The molecule has 1 heterocycles. The molecule has 1 aromatic carbocycles. The first-order valence-electron chi connectivity index (χ1n) is 5.50. The number of halogens is 2. The van der Waals surface area contributed by atoms with E-state index >= 15 is 0 Å². The first-order chi connectivity index (χ1) is 8.65. The first kappa shape index (κ1) is 13.1. The number of aliphatic hydroxyl groups excluding tert-OH is 1. The fourth-order valence-electron chi connectivity index (χ4n) is 1.90. The fraction of sp³-hybridized carbons (Fsp3) is 0.231. The van der Waals surface area contributed by atoms with Crippen LogP contribution < -0.4 is 5.73 Å². The summed E-state index contributed by atoms with van der Waals surface area (Å²) in [5.74, 6) is -2.01. The van der Waals surface area contributed by atoms with Crippen molar-refractivity contribution in [3.63, 3.8) is 0 Å². The summed E-state index contributed by atoms with van der Waals surface area (Å²) >= 11 is 1.41. The van der Waals surface area contributed by atoms with Gasteiger partial charge in [-0.15, -0.1) is 11.3 Å². The van der Waals surface area contributed by atoms with E-state index in [4.69, 9.17) is 5.73 Å². The maximum absolute atomic E-state index is 13.6. The summed E-state index contributed by atoms with van der Waals surface area (Å²) in [6.45, 7) is 0.120. The van der Waals surface area contributed by atoms with Crippen LogP contribution in [-0.4, -0.2) is 11.7 Å². The molecule has 1 aromatic heterocycles. The number of thiophene rings is 1. The highest BCUT2D eigenvalue weighted by Crippen LogP contribution is 2.34. The average Bonchev–Trinajstić information content (AvgIpc) is 2.83. The van der Waals surface area contributed by atoms with Crippen LogP contribution in [0.2, 0.25) is 0 Å². The molecule has 5 heteroatoms. The highest BCUT2D eigenvalue weighted by Gasteiger charge is 2.27. The van der Waals surface area contributed by atoms with Crippen LogP contribution in [0.5, 0.6) is 0 Å². The summed E-state index contributed by atoms with van der Waals surface area (Å²) in [6.07, 6.45) is -1.28. The van der Waals surface area contributed by atoms with Gasteiger partial charge in [-0.2, -0.15) is 0 Å². The topological polar surface area (TPSA) is 46.2 Å². The van der Waals surface area contributed by atoms with Crippen LogP contribution in [0, 0.1) is 11.6 Å². The Morgan fingerprint density at radius 3 is 2.33 bits per heavy atom. The van der Waals surface area contributed by atoms with E-state index in [9.17, 15) is 13.9 Å². The molecule has 2 atom stereocenters. The van der Waals surface area contributed by atoms with E-state index < -0.39 is 23.7 Å². The largest absolute Gasteiger partial charge is 0.387 e. The molecule has 2 nitrogen and oxygen atoms in total. The van der Waals surface area contributed by atoms with Gasteiger partial charge < -0.3 is 10.8 Å². The van der Waals surface area contributed by atoms with Gasteiger partial charge in [0.25, 0.3) is 0 Å². The lowest BCUT2D eigenvalue weighted by atomic mass is 9.93. The smallest absolute Gasteiger partial charge is 0.131 e. The van der Waals surface area contributed by atoms with E-state index in [1.807, 2.05) is 11.4 Å². The normalized spacial score (nSPS) is 14.4. The van der Waals surface area contributed by atoms with Gasteiger partial charge in [-0.25, -0.2) is 8.78 Å². The molecule has 18 heavy (non-hydrogen) atoms. The number of aliphatic hydroxyl groups is 1. The molecule has 0 aliphatic carbocycles. The number of benzene rings is 1. The van der Waals surface area contributed by atoms with Gasteiger partial charge in [0.15, 0.2) is 0 Å². The van der Waals surface area contributed by atoms with Crippen LogP contribution >= 0.6 is 11.3 Å². The predicted molar refractivity (Wildman–Crippen MR) is 67.4 cm³/mol. The molecule has 0 amide bonds. The van der Waals surface area contributed by atoms with E-state index in [1.165, 1.54) is 17.4 Å². The van der Waals surface area contributed by atoms with Crippen molar-refractivity contribution in [3.8, 4) is 0 Å². The summed E-state index contributed by atoms with van der Waals surface area (Å²) < 4.78 is 27.2. The van der Waals surface area contributed by atoms with Crippen molar-refractivity contribution in [2.75, 3.05) is 6.54 Å². The van der Waals surface area contributed by atoms with Gasteiger partial charge in [-0.3, -0.25) is 0 Å². The minimum absolute atomic E-state index is 0.120. The molecule has 0 radical (unpaired) electrons. The van der Waals surface area contributed by atoms with Gasteiger partial charge in [-0.1, -0.05) is 12.1 Å². The zero-order valence-corrected chi connectivity index (χ0v) is 10.3. The van der Waals surface area contributed by atoms with Crippen molar-refractivity contribution in [3.05, 3.63) is 57.8 Å². The molecule has 0 saturated heterocycles. The van der Waals surface area contributed by atoms with Gasteiger partial charge in [0.05, 0.1) is 11.7 Å². The summed E-state index contributed by atoms with van der Waals surface area (Å²) in [6, 6.07) is 7.13. The van der Waals surface area contributed by atoms with Gasteiger partial charge >= 0.3 is 0 Å². The molecule has 0 spiro atoms. The molecule has 0 aliphatic heterocycles. The van der Waals surface area contributed by atoms with Gasteiger partial charge in [0.2, 0.25) is 0 Å². The maximum Gasteiger partial charge on any atom is 0.131 e. The van der Waals surface area contributed by atoms with Crippen molar-refractivity contribution in [1.82, 2.24) is 0 Å². The number of hydrogen-bond acceptors (Lipinski definition) is 3. The molecule has 2 aromatic rings. The van der Waals surface area contributed by atoms with E-state index in [0.29, 0.717) is 0 Å². The Kier molecular flexibility index (Phi) is 4.06. The molecular formula is C13H13F2NOS. The zero-order chi connectivity index (χ0) is 13.1. The van der Waals surface area contributed by atoms with Crippen molar-refractivity contribution >= 4 is 11.3 Å². The third kappa shape index (κ3) is 2.43. The molecule has 0 aliphatic rings. The molecule has 0 bridgehead atoms. The van der Waals surface area contributed by atoms with Crippen LogP contribution in [-0.2, 0) is 0 Å². The Bertz CT molecular complexity index is 495. The van der Waals surface area contributed by atoms with E-state index in [2.05, 4.69) is 0 Å². The van der Waals surface area contributed by atoms with Crippen molar-refractivity contribution in [1.29, 1.82) is 0 Å². The Hall–Kier alpha value is -1.30. The minimum Gasteiger partial charge on any atom is -0.387 e. The molecule has 3 N–H and O–H groups in total. The van der Waals surface area contributed by atoms with E-state index in [-0.39, 0.29) is 12.1 Å². The molecule has 0 saturated carbocycles. The van der Waals surface area contributed by atoms with Crippen LogP contribution in [0.25, 0.3) is 0 Å². The Balaban J connectivity index is 2.38. The lowest BCUT2D eigenvalue weighted by Gasteiger charge is -2.21. The maximum atomic E-state index is 13.6. The molecule has 2 rings (SSSR count). The Morgan fingerprint density at radius 2 is 1.83 bits per heavy atom. The fourth-order valence-corrected chi connectivity index (χ4v) is 2.77. The number of nitrogens with two attached hydrogens (primary N) is 1. The number of rotatable bonds is 4. The molecule has 96 valence electrons. The highest BCUT2D eigenvalue weighted by atomic mass is 32.1. The summed E-state index contributed by atoms with van der Waals surface area (Å²) in [7, 11) is 0. The lowest BCUT2D eigenvalue weighted by molar-refractivity contribution is 0.139. The second-order valence-electron chi connectivity index (χ2n) is 3.94. The molecule has 0 fully saturated rings. The van der Waals surface area contributed by atoms with Crippen molar-refractivity contribution in [2.24, 2.45) is 5.73 Å². The molecular weight excluding hydrogens is 256 g/mol. The van der Waals surface area contributed by atoms with E-state index in [0.717, 1.165) is 17.0 Å². The minimum atomic E-state index is -1.28. The molecule has 2 unspecified atom stereocenters. The highest BCUT2D eigenvalue weighted by molar-refractivity contribution is 7.10. The van der Waals surface area contributed by atoms with Crippen molar-refractivity contribution < 1.29 is 13.9 Å². The van der Waals surface area contributed by atoms with Crippen LogP contribution in [0.1, 0.15) is 22.5 Å². The third-order valence-electron chi connectivity index (χ3n) is 2.84. The first-order valence-corrected chi connectivity index (χ1v) is 6.38. The summed E-state index contributed by atoms with van der Waals surface area (Å²) in [5.41, 5.74) is 5.29.